The molecule has 1 heterocycles. The first-order valence-electron chi connectivity index (χ1n) is 11.3. The maximum absolute atomic E-state index is 15.0. The van der Waals surface area contributed by atoms with E-state index >= 15 is 0 Å². The third-order valence-electron chi connectivity index (χ3n) is 7.20. The van der Waals surface area contributed by atoms with E-state index in [0.717, 1.165) is 24.8 Å². The van der Waals surface area contributed by atoms with Gasteiger partial charge in [0.05, 0.1) is 11.9 Å². The van der Waals surface area contributed by atoms with E-state index in [0.29, 0.717) is 18.5 Å². The van der Waals surface area contributed by atoms with E-state index < -0.39 is 28.9 Å². The SMILES string of the molecule is NC1NNC2CCCC(c3ccc(NC(=O)C4(C(=O)Nc5ccc(F)cc5)CC4)c(F)c3)C12. The summed E-state index contributed by atoms with van der Waals surface area (Å²) in [5.74, 6) is -1.69. The fourth-order valence-electron chi connectivity index (χ4n) is 5.15. The van der Waals surface area contributed by atoms with Crippen LogP contribution >= 0.6 is 0 Å². The number of nitrogens with two attached hydrogens (primary N) is 1. The summed E-state index contributed by atoms with van der Waals surface area (Å²) in [5, 5.41) is 5.24. The van der Waals surface area contributed by atoms with Gasteiger partial charge in [0.15, 0.2) is 0 Å². The quantitative estimate of drug-likeness (QED) is 0.446. The van der Waals surface area contributed by atoms with Gasteiger partial charge in [0.25, 0.3) is 0 Å². The topological polar surface area (TPSA) is 108 Å². The van der Waals surface area contributed by atoms with Crippen molar-refractivity contribution in [2.45, 2.75) is 50.2 Å². The van der Waals surface area contributed by atoms with Crippen molar-refractivity contribution in [2.24, 2.45) is 17.1 Å². The monoisotopic (exact) mass is 455 g/mol. The van der Waals surface area contributed by atoms with E-state index in [-0.39, 0.29) is 29.7 Å². The van der Waals surface area contributed by atoms with Crippen LogP contribution in [0.3, 0.4) is 0 Å². The Morgan fingerprint density at radius 2 is 1.70 bits per heavy atom. The molecule has 0 spiro atoms. The minimum absolute atomic E-state index is 0.0453. The summed E-state index contributed by atoms with van der Waals surface area (Å²) in [6.07, 6.45) is 3.52. The van der Waals surface area contributed by atoms with Gasteiger partial charge in [0.1, 0.15) is 17.0 Å². The Kier molecular flexibility index (Phi) is 5.64. The molecular formula is C24H27F2N5O2. The minimum atomic E-state index is -1.25. The maximum Gasteiger partial charge on any atom is 0.240 e. The summed E-state index contributed by atoms with van der Waals surface area (Å²) in [7, 11) is 0. The number of benzene rings is 2. The number of carbonyl (C=O) groups excluding carboxylic acids is 2. The van der Waals surface area contributed by atoms with E-state index in [2.05, 4.69) is 21.5 Å². The van der Waals surface area contributed by atoms with E-state index in [1.165, 1.54) is 30.3 Å². The van der Waals surface area contributed by atoms with Crippen LogP contribution in [0.25, 0.3) is 0 Å². The lowest BCUT2D eigenvalue weighted by Crippen LogP contribution is -2.41. The van der Waals surface area contributed by atoms with Gasteiger partial charge in [-0.2, -0.15) is 0 Å². The first kappa shape index (κ1) is 21.9. The molecule has 2 amide bonds. The van der Waals surface area contributed by atoms with Crippen LogP contribution in [0.2, 0.25) is 0 Å². The molecule has 3 aliphatic rings. The molecule has 33 heavy (non-hydrogen) atoms. The van der Waals surface area contributed by atoms with Crippen molar-refractivity contribution in [3.63, 3.8) is 0 Å². The molecule has 6 N–H and O–H groups in total. The molecule has 2 aliphatic carbocycles. The van der Waals surface area contributed by atoms with E-state index in [4.69, 9.17) is 5.73 Å². The fourth-order valence-corrected chi connectivity index (χ4v) is 5.15. The van der Waals surface area contributed by atoms with E-state index in [1.54, 1.807) is 6.07 Å². The largest absolute Gasteiger partial charge is 0.325 e. The zero-order valence-electron chi connectivity index (χ0n) is 18.0. The van der Waals surface area contributed by atoms with Crippen molar-refractivity contribution >= 4 is 23.2 Å². The van der Waals surface area contributed by atoms with Gasteiger partial charge in [-0.1, -0.05) is 12.5 Å². The van der Waals surface area contributed by atoms with E-state index in [9.17, 15) is 18.4 Å². The molecule has 2 saturated carbocycles. The standard InChI is InChI=1S/C24H27F2N5O2/c25-14-5-7-15(8-6-14)28-22(32)24(10-11-24)23(33)29-18-9-4-13(12-17(18)26)16-2-1-3-19-20(16)21(27)31-30-19/h4-9,12,16,19-21,30-31H,1-3,10-11,27H2,(H,28,32)(H,29,33). The van der Waals surface area contributed by atoms with Crippen LogP contribution < -0.4 is 27.2 Å². The molecule has 0 bridgehead atoms. The predicted molar refractivity (Wildman–Crippen MR) is 120 cm³/mol. The molecule has 2 aromatic rings. The first-order valence-corrected chi connectivity index (χ1v) is 11.3. The number of fused-ring (bicyclic) bond motifs is 1. The zero-order chi connectivity index (χ0) is 23.2. The highest BCUT2D eigenvalue weighted by Gasteiger charge is 2.56. The van der Waals surface area contributed by atoms with Crippen LogP contribution in [0.4, 0.5) is 20.2 Å². The van der Waals surface area contributed by atoms with Crippen LogP contribution in [0.15, 0.2) is 42.5 Å². The Labute approximate surface area is 190 Å². The number of hydrazine groups is 1. The van der Waals surface area contributed by atoms with Gasteiger partial charge >= 0.3 is 0 Å². The Morgan fingerprint density at radius 3 is 2.39 bits per heavy atom. The van der Waals surface area contributed by atoms with Gasteiger partial charge < -0.3 is 16.4 Å². The molecular weight excluding hydrogens is 428 g/mol. The van der Waals surface area contributed by atoms with Gasteiger partial charge in [-0.3, -0.25) is 15.0 Å². The number of nitrogens with one attached hydrogen (secondary N) is 4. The Morgan fingerprint density at radius 1 is 0.970 bits per heavy atom. The van der Waals surface area contributed by atoms with Crippen LogP contribution in [0.1, 0.15) is 43.6 Å². The summed E-state index contributed by atoms with van der Waals surface area (Å²) in [6.45, 7) is 0. The van der Waals surface area contributed by atoms with Crippen LogP contribution in [-0.2, 0) is 9.59 Å². The summed E-state index contributed by atoms with van der Waals surface area (Å²) in [5.41, 5.74) is 12.6. The number of anilines is 2. The second kappa shape index (κ2) is 8.48. The minimum Gasteiger partial charge on any atom is -0.325 e. The van der Waals surface area contributed by atoms with Gasteiger partial charge in [0, 0.05) is 17.6 Å². The number of hydrogen-bond donors (Lipinski definition) is 5. The summed E-state index contributed by atoms with van der Waals surface area (Å²) in [4.78, 5) is 25.6. The van der Waals surface area contributed by atoms with Crippen LogP contribution in [0.5, 0.6) is 0 Å². The van der Waals surface area contributed by atoms with Crippen LogP contribution in [0, 0.1) is 23.0 Å². The highest BCUT2D eigenvalue weighted by molar-refractivity contribution is 6.16. The highest BCUT2D eigenvalue weighted by atomic mass is 19.1. The maximum atomic E-state index is 15.0. The molecule has 2 aromatic carbocycles. The van der Waals surface area contributed by atoms with Crippen molar-refractivity contribution in [1.29, 1.82) is 0 Å². The molecule has 1 saturated heterocycles. The number of halogens is 2. The Balaban J connectivity index is 1.28. The summed E-state index contributed by atoms with van der Waals surface area (Å²) >= 11 is 0. The molecule has 5 rings (SSSR count). The molecule has 9 heteroatoms. The molecule has 4 atom stereocenters. The lowest BCUT2D eigenvalue weighted by molar-refractivity contribution is -0.131. The highest BCUT2D eigenvalue weighted by Crippen LogP contribution is 2.48. The third kappa shape index (κ3) is 4.12. The van der Waals surface area contributed by atoms with E-state index in [1.807, 2.05) is 6.07 Å². The lowest BCUT2D eigenvalue weighted by atomic mass is 9.72. The number of amides is 2. The summed E-state index contributed by atoms with van der Waals surface area (Å²) < 4.78 is 28.1. The molecule has 0 aromatic heterocycles. The van der Waals surface area contributed by atoms with Crippen molar-refractivity contribution in [3.8, 4) is 0 Å². The molecule has 3 fully saturated rings. The first-order chi connectivity index (χ1) is 15.9. The second-order valence-corrected chi connectivity index (χ2v) is 9.27. The molecule has 4 unspecified atom stereocenters. The molecule has 7 nitrogen and oxygen atoms in total. The van der Waals surface area contributed by atoms with Gasteiger partial charge in [0.2, 0.25) is 11.8 Å². The number of hydrogen-bond acceptors (Lipinski definition) is 5. The molecule has 1 aliphatic heterocycles. The molecule has 0 radical (unpaired) electrons. The molecule has 174 valence electrons. The fraction of sp³-hybridized carbons (Fsp3) is 0.417. The average Bonchev–Trinajstić information content (AvgIpc) is 3.54. The smallest absolute Gasteiger partial charge is 0.240 e. The normalized spacial score (nSPS) is 27.5. The second-order valence-electron chi connectivity index (χ2n) is 9.27. The third-order valence-corrected chi connectivity index (χ3v) is 7.20. The number of carbonyl (C=O) groups is 2. The van der Waals surface area contributed by atoms with Gasteiger partial charge in [-0.15, -0.1) is 0 Å². The van der Waals surface area contributed by atoms with Crippen molar-refractivity contribution < 1.29 is 18.4 Å². The Bertz CT molecular complexity index is 1070. The Hall–Kier alpha value is -2.88. The average molecular weight is 456 g/mol. The van der Waals surface area contributed by atoms with Gasteiger partial charge in [-0.25, -0.2) is 14.2 Å². The van der Waals surface area contributed by atoms with Crippen molar-refractivity contribution in [1.82, 2.24) is 10.9 Å². The van der Waals surface area contributed by atoms with Gasteiger partial charge in [-0.05, 0) is 73.6 Å². The number of rotatable bonds is 5. The lowest BCUT2D eigenvalue weighted by Gasteiger charge is -2.35. The van der Waals surface area contributed by atoms with Crippen molar-refractivity contribution in [2.75, 3.05) is 10.6 Å². The van der Waals surface area contributed by atoms with Crippen LogP contribution in [-0.4, -0.2) is 24.0 Å². The van der Waals surface area contributed by atoms with Crippen molar-refractivity contribution in [3.05, 3.63) is 59.7 Å². The summed E-state index contributed by atoms with van der Waals surface area (Å²) in [6, 6.07) is 10.4. The zero-order valence-corrected chi connectivity index (χ0v) is 18.0. The predicted octanol–water partition coefficient (Wildman–Crippen LogP) is 2.97.